The van der Waals surface area contributed by atoms with Crippen molar-refractivity contribution in [2.24, 2.45) is 5.92 Å². The summed E-state index contributed by atoms with van der Waals surface area (Å²) in [6.07, 6.45) is 4.35. The molecular weight excluding hydrogens is 208 g/mol. The minimum Gasteiger partial charge on any atom is -0.294 e. The molecule has 1 aromatic carbocycles. The van der Waals surface area contributed by atoms with Crippen LogP contribution < -0.4 is 0 Å². The lowest BCUT2D eigenvalue weighted by Crippen LogP contribution is -2.16. The zero-order valence-corrected chi connectivity index (χ0v) is 9.68. The fourth-order valence-electron chi connectivity index (χ4n) is 1.93. The fraction of sp³-hybridized carbons (Fsp3) is 0.462. The van der Waals surface area contributed by atoms with E-state index >= 15 is 0 Å². The van der Waals surface area contributed by atoms with E-state index in [4.69, 9.17) is 11.6 Å². The van der Waals surface area contributed by atoms with Gasteiger partial charge >= 0.3 is 0 Å². The first kappa shape index (κ1) is 10.7. The van der Waals surface area contributed by atoms with E-state index < -0.39 is 0 Å². The van der Waals surface area contributed by atoms with Crippen molar-refractivity contribution in [3.63, 3.8) is 0 Å². The molecule has 1 aliphatic rings. The molecule has 0 heterocycles. The zero-order valence-electron chi connectivity index (χ0n) is 8.92. The number of rotatable bonds is 3. The molecule has 0 amide bonds. The van der Waals surface area contributed by atoms with E-state index in [0.29, 0.717) is 22.9 Å². The number of hydrogen-bond acceptors (Lipinski definition) is 1. The molecule has 1 saturated carbocycles. The molecule has 0 bridgehead atoms. The summed E-state index contributed by atoms with van der Waals surface area (Å²) in [5.74, 6) is 0.808. The molecule has 15 heavy (non-hydrogen) atoms. The second-order valence-electron chi connectivity index (χ2n) is 4.36. The van der Waals surface area contributed by atoms with Gasteiger partial charge < -0.3 is 0 Å². The van der Waals surface area contributed by atoms with Gasteiger partial charge in [-0.1, -0.05) is 43.0 Å². The maximum absolute atomic E-state index is 11.9. The molecule has 1 fully saturated rings. The van der Waals surface area contributed by atoms with Crippen molar-refractivity contribution in [3.05, 3.63) is 34.3 Å². The highest BCUT2D eigenvalue weighted by Gasteiger charge is 2.22. The van der Waals surface area contributed by atoms with Crippen LogP contribution in [0, 0.1) is 12.8 Å². The lowest BCUT2D eigenvalue weighted by molar-refractivity contribution is 0.0936. The van der Waals surface area contributed by atoms with Gasteiger partial charge in [-0.15, -0.1) is 0 Å². The molecule has 1 nitrogen and oxygen atoms in total. The van der Waals surface area contributed by atoms with Crippen LogP contribution in [0.15, 0.2) is 18.2 Å². The van der Waals surface area contributed by atoms with Gasteiger partial charge in [0.15, 0.2) is 5.78 Å². The number of hydrogen-bond donors (Lipinski definition) is 0. The minimum atomic E-state index is 0.202. The largest absolute Gasteiger partial charge is 0.294 e. The van der Waals surface area contributed by atoms with Crippen LogP contribution in [0.3, 0.4) is 0 Å². The molecule has 0 N–H and O–H groups in total. The molecule has 80 valence electrons. The maximum Gasteiger partial charge on any atom is 0.164 e. The average Bonchev–Trinajstić information content (AvgIpc) is 2.15. The SMILES string of the molecule is Cc1cccc(C(=O)CC2CCC2)c1Cl. The van der Waals surface area contributed by atoms with E-state index in [2.05, 4.69) is 0 Å². The Morgan fingerprint density at radius 2 is 2.20 bits per heavy atom. The normalized spacial score (nSPS) is 16.1. The fourth-order valence-corrected chi connectivity index (χ4v) is 2.16. The average molecular weight is 223 g/mol. The Kier molecular flexibility index (Phi) is 3.11. The van der Waals surface area contributed by atoms with Crippen LogP contribution in [0.2, 0.25) is 5.02 Å². The Morgan fingerprint density at radius 1 is 1.47 bits per heavy atom. The summed E-state index contributed by atoms with van der Waals surface area (Å²) >= 11 is 6.11. The number of carbonyl (C=O) groups excluding carboxylic acids is 1. The lowest BCUT2D eigenvalue weighted by Gasteiger charge is -2.24. The summed E-state index contributed by atoms with van der Waals surface area (Å²) in [4.78, 5) is 11.9. The van der Waals surface area contributed by atoms with Crippen LogP contribution in [0.1, 0.15) is 41.6 Å². The van der Waals surface area contributed by atoms with Gasteiger partial charge in [0.2, 0.25) is 0 Å². The summed E-state index contributed by atoms with van der Waals surface area (Å²) in [7, 11) is 0. The summed E-state index contributed by atoms with van der Waals surface area (Å²) in [5.41, 5.74) is 1.68. The molecule has 2 heteroatoms. The minimum absolute atomic E-state index is 0.202. The third-order valence-corrected chi connectivity index (χ3v) is 3.69. The molecule has 1 aliphatic carbocycles. The topological polar surface area (TPSA) is 17.1 Å². The smallest absolute Gasteiger partial charge is 0.164 e. The highest BCUT2D eigenvalue weighted by molar-refractivity contribution is 6.34. The van der Waals surface area contributed by atoms with Crippen LogP contribution in [0.4, 0.5) is 0 Å². The van der Waals surface area contributed by atoms with Crippen LogP contribution in [-0.2, 0) is 0 Å². The highest BCUT2D eigenvalue weighted by Crippen LogP contribution is 2.32. The van der Waals surface area contributed by atoms with Crippen molar-refractivity contribution in [1.29, 1.82) is 0 Å². The highest BCUT2D eigenvalue weighted by atomic mass is 35.5. The van der Waals surface area contributed by atoms with Crippen molar-refractivity contribution >= 4 is 17.4 Å². The molecule has 0 spiro atoms. The number of Topliss-reactive ketones (excluding diaryl/α,β-unsaturated/α-hetero) is 1. The molecule has 0 atom stereocenters. The van der Waals surface area contributed by atoms with Gasteiger partial charge in [0.05, 0.1) is 5.02 Å². The molecule has 1 aromatic rings. The number of aryl methyl sites for hydroxylation is 1. The van der Waals surface area contributed by atoms with E-state index in [0.717, 1.165) is 5.56 Å². The predicted molar refractivity (Wildman–Crippen MR) is 62.5 cm³/mol. The van der Waals surface area contributed by atoms with Crippen molar-refractivity contribution in [1.82, 2.24) is 0 Å². The van der Waals surface area contributed by atoms with Gasteiger partial charge in [0.25, 0.3) is 0 Å². The summed E-state index contributed by atoms with van der Waals surface area (Å²) in [5, 5.41) is 0.627. The predicted octanol–water partition coefficient (Wildman–Crippen LogP) is 4.02. The van der Waals surface area contributed by atoms with Gasteiger partial charge in [0, 0.05) is 12.0 Å². The van der Waals surface area contributed by atoms with E-state index in [1.54, 1.807) is 0 Å². The molecule has 0 unspecified atom stereocenters. The molecule has 0 radical (unpaired) electrons. The summed E-state index contributed by atoms with van der Waals surface area (Å²) < 4.78 is 0. The second-order valence-corrected chi connectivity index (χ2v) is 4.74. The van der Waals surface area contributed by atoms with Crippen LogP contribution in [0.5, 0.6) is 0 Å². The number of ketones is 1. The Balaban J connectivity index is 2.13. The third kappa shape index (κ3) is 2.23. The second kappa shape index (κ2) is 4.36. The van der Waals surface area contributed by atoms with Crippen LogP contribution >= 0.6 is 11.6 Å². The van der Waals surface area contributed by atoms with E-state index in [-0.39, 0.29) is 5.78 Å². The number of carbonyl (C=O) groups is 1. The van der Waals surface area contributed by atoms with Gasteiger partial charge in [-0.3, -0.25) is 4.79 Å². The van der Waals surface area contributed by atoms with Crippen molar-refractivity contribution in [3.8, 4) is 0 Å². The van der Waals surface area contributed by atoms with E-state index in [1.165, 1.54) is 19.3 Å². The van der Waals surface area contributed by atoms with Crippen LogP contribution in [-0.4, -0.2) is 5.78 Å². The van der Waals surface area contributed by atoms with Gasteiger partial charge in [-0.2, -0.15) is 0 Å². The van der Waals surface area contributed by atoms with E-state index in [9.17, 15) is 4.79 Å². The number of benzene rings is 1. The Hall–Kier alpha value is -0.820. The number of halogens is 1. The Bertz CT molecular complexity index is 380. The van der Waals surface area contributed by atoms with Gasteiger partial charge in [-0.25, -0.2) is 0 Å². The summed E-state index contributed by atoms with van der Waals surface area (Å²) in [6, 6.07) is 5.66. The maximum atomic E-state index is 11.9. The third-order valence-electron chi connectivity index (χ3n) is 3.19. The van der Waals surface area contributed by atoms with Crippen LogP contribution in [0.25, 0.3) is 0 Å². The van der Waals surface area contributed by atoms with Gasteiger partial charge in [-0.05, 0) is 24.5 Å². The molecular formula is C13H15ClO. The van der Waals surface area contributed by atoms with E-state index in [1.807, 2.05) is 25.1 Å². The Labute approximate surface area is 95.4 Å². The molecule has 0 aliphatic heterocycles. The summed E-state index contributed by atoms with van der Waals surface area (Å²) in [6.45, 7) is 1.93. The lowest BCUT2D eigenvalue weighted by atomic mass is 9.81. The zero-order chi connectivity index (χ0) is 10.8. The van der Waals surface area contributed by atoms with Crippen molar-refractivity contribution < 1.29 is 4.79 Å². The standard InChI is InChI=1S/C13H15ClO/c1-9-4-2-7-11(13(9)14)12(15)8-10-5-3-6-10/h2,4,7,10H,3,5-6,8H2,1H3. The quantitative estimate of drug-likeness (QED) is 0.706. The first-order valence-corrected chi connectivity index (χ1v) is 5.84. The monoisotopic (exact) mass is 222 g/mol. The van der Waals surface area contributed by atoms with Gasteiger partial charge in [0.1, 0.15) is 0 Å². The molecule has 2 rings (SSSR count). The molecule has 0 aromatic heterocycles. The van der Waals surface area contributed by atoms with Crippen molar-refractivity contribution in [2.45, 2.75) is 32.6 Å². The Morgan fingerprint density at radius 3 is 2.80 bits per heavy atom. The molecule has 0 saturated heterocycles. The van der Waals surface area contributed by atoms with Crippen molar-refractivity contribution in [2.75, 3.05) is 0 Å². The first-order valence-electron chi connectivity index (χ1n) is 5.47. The first-order chi connectivity index (χ1) is 7.18.